The Hall–Kier alpha value is -1.32. The van der Waals surface area contributed by atoms with E-state index in [9.17, 15) is 0 Å². The summed E-state index contributed by atoms with van der Waals surface area (Å²) in [6, 6.07) is 1.80. The van der Waals surface area contributed by atoms with Gasteiger partial charge < -0.3 is 11.1 Å². The van der Waals surface area contributed by atoms with E-state index in [2.05, 4.69) is 22.2 Å². The van der Waals surface area contributed by atoms with Gasteiger partial charge in [0.15, 0.2) is 0 Å². The second kappa shape index (κ2) is 6.03. The molecule has 1 heterocycles. The number of nitrogens with two attached hydrogens (primary N) is 1. The maximum absolute atomic E-state index is 5.70. The van der Waals surface area contributed by atoms with E-state index in [0.29, 0.717) is 5.82 Å². The fraction of sp³-hybridized carbons (Fsp3) is 0.714. The Morgan fingerprint density at radius 3 is 2.67 bits per heavy atom. The first-order valence-corrected chi connectivity index (χ1v) is 6.98. The van der Waals surface area contributed by atoms with Gasteiger partial charge in [0.2, 0.25) is 0 Å². The van der Waals surface area contributed by atoms with Crippen molar-refractivity contribution in [3.63, 3.8) is 0 Å². The van der Waals surface area contributed by atoms with Gasteiger partial charge in [0.1, 0.15) is 17.5 Å². The van der Waals surface area contributed by atoms with Crippen molar-refractivity contribution >= 4 is 11.6 Å². The summed E-state index contributed by atoms with van der Waals surface area (Å²) < 4.78 is 0. The van der Waals surface area contributed by atoms with Crippen LogP contribution in [-0.2, 0) is 0 Å². The molecule has 0 unspecified atom stereocenters. The number of anilines is 2. The van der Waals surface area contributed by atoms with Crippen molar-refractivity contribution in [1.82, 2.24) is 9.97 Å². The van der Waals surface area contributed by atoms with Crippen molar-refractivity contribution in [3.8, 4) is 0 Å². The summed E-state index contributed by atoms with van der Waals surface area (Å²) in [5, 5.41) is 3.35. The van der Waals surface area contributed by atoms with E-state index in [-0.39, 0.29) is 0 Å². The number of hydrogen-bond donors (Lipinski definition) is 2. The minimum atomic E-state index is 0.538. The summed E-state index contributed by atoms with van der Waals surface area (Å²) in [5.41, 5.74) is 5.70. The van der Waals surface area contributed by atoms with Crippen LogP contribution in [0, 0.1) is 18.8 Å². The molecule has 0 aliphatic heterocycles. The highest BCUT2D eigenvalue weighted by Crippen LogP contribution is 2.30. The fourth-order valence-electron chi connectivity index (χ4n) is 2.70. The lowest BCUT2D eigenvalue weighted by Crippen LogP contribution is -2.16. The van der Waals surface area contributed by atoms with E-state index in [1.807, 2.05) is 6.92 Å². The van der Waals surface area contributed by atoms with Crippen LogP contribution in [0.5, 0.6) is 0 Å². The molecule has 0 saturated heterocycles. The molecule has 100 valence electrons. The van der Waals surface area contributed by atoms with Gasteiger partial charge in [-0.05, 0) is 25.2 Å². The molecule has 0 aromatic carbocycles. The minimum Gasteiger partial charge on any atom is -0.384 e. The van der Waals surface area contributed by atoms with Gasteiger partial charge in [-0.3, -0.25) is 0 Å². The number of hydrogen-bond acceptors (Lipinski definition) is 4. The second-order valence-corrected chi connectivity index (χ2v) is 5.57. The van der Waals surface area contributed by atoms with Crippen LogP contribution in [0.15, 0.2) is 6.07 Å². The quantitative estimate of drug-likeness (QED) is 0.859. The topological polar surface area (TPSA) is 63.8 Å². The lowest BCUT2D eigenvalue weighted by Gasteiger charge is -2.26. The highest BCUT2D eigenvalue weighted by atomic mass is 15.0. The molecule has 4 nitrogen and oxygen atoms in total. The number of nitrogen functional groups attached to an aromatic ring is 1. The third kappa shape index (κ3) is 3.86. The van der Waals surface area contributed by atoms with Gasteiger partial charge in [0.05, 0.1) is 0 Å². The molecular weight excluding hydrogens is 224 g/mol. The normalized spacial score (nSPS) is 23.9. The zero-order chi connectivity index (χ0) is 13.0. The van der Waals surface area contributed by atoms with Crippen LogP contribution in [0.25, 0.3) is 0 Å². The molecule has 1 aliphatic rings. The first-order chi connectivity index (χ1) is 8.63. The van der Waals surface area contributed by atoms with Crippen LogP contribution in [0.3, 0.4) is 0 Å². The van der Waals surface area contributed by atoms with Crippen molar-refractivity contribution in [2.24, 2.45) is 11.8 Å². The maximum atomic E-state index is 5.70. The second-order valence-electron chi connectivity index (χ2n) is 5.57. The van der Waals surface area contributed by atoms with Crippen molar-refractivity contribution in [2.75, 3.05) is 17.6 Å². The van der Waals surface area contributed by atoms with Crippen LogP contribution < -0.4 is 11.1 Å². The zero-order valence-corrected chi connectivity index (χ0v) is 11.4. The predicted octanol–water partition coefficient (Wildman–Crippen LogP) is 3.00. The lowest BCUT2D eigenvalue weighted by atomic mass is 9.81. The van der Waals surface area contributed by atoms with Crippen molar-refractivity contribution in [1.29, 1.82) is 0 Å². The van der Waals surface area contributed by atoms with E-state index in [1.165, 1.54) is 32.1 Å². The Balaban J connectivity index is 1.74. The SMILES string of the molecule is Cc1nc(N)cc(NCCC2CCC(C)CC2)n1. The summed E-state index contributed by atoms with van der Waals surface area (Å²) >= 11 is 0. The summed E-state index contributed by atoms with van der Waals surface area (Å²) in [7, 11) is 0. The zero-order valence-electron chi connectivity index (χ0n) is 11.4. The van der Waals surface area contributed by atoms with Gasteiger partial charge in [-0.25, -0.2) is 9.97 Å². The molecule has 0 bridgehead atoms. The van der Waals surface area contributed by atoms with Crippen molar-refractivity contribution < 1.29 is 0 Å². The van der Waals surface area contributed by atoms with E-state index in [1.54, 1.807) is 6.07 Å². The van der Waals surface area contributed by atoms with Crippen molar-refractivity contribution in [3.05, 3.63) is 11.9 Å². The summed E-state index contributed by atoms with van der Waals surface area (Å²) in [6.45, 7) is 5.21. The molecule has 2 rings (SSSR count). The third-order valence-electron chi connectivity index (χ3n) is 3.85. The molecule has 0 radical (unpaired) electrons. The Bertz CT molecular complexity index is 363. The van der Waals surface area contributed by atoms with E-state index in [0.717, 1.165) is 30.0 Å². The van der Waals surface area contributed by atoms with E-state index >= 15 is 0 Å². The Morgan fingerprint density at radius 1 is 1.28 bits per heavy atom. The minimum absolute atomic E-state index is 0.538. The van der Waals surface area contributed by atoms with Crippen LogP contribution in [-0.4, -0.2) is 16.5 Å². The van der Waals surface area contributed by atoms with E-state index < -0.39 is 0 Å². The Morgan fingerprint density at radius 2 is 2.00 bits per heavy atom. The molecule has 0 spiro atoms. The van der Waals surface area contributed by atoms with Crippen LogP contribution in [0.2, 0.25) is 0 Å². The van der Waals surface area contributed by atoms with E-state index in [4.69, 9.17) is 5.73 Å². The highest BCUT2D eigenvalue weighted by Gasteiger charge is 2.17. The lowest BCUT2D eigenvalue weighted by molar-refractivity contribution is 0.282. The van der Waals surface area contributed by atoms with Crippen LogP contribution in [0.4, 0.5) is 11.6 Å². The summed E-state index contributed by atoms with van der Waals surface area (Å²) in [6.07, 6.45) is 6.78. The Kier molecular flexibility index (Phi) is 4.39. The summed E-state index contributed by atoms with van der Waals surface area (Å²) in [5.74, 6) is 3.93. The van der Waals surface area contributed by atoms with Crippen LogP contribution in [0.1, 0.15) is 44.9 Å². The van der Waals surface area contributed by atoms with Gasteiger partial charge in [0, 0.05) is 12.6 Å². The average molecular weight is 248 g/mol. The van der Waals surface area contributed by atoms with Gasteiger partial charge in [-0.15, -0.1) is 0 Å². The standard InChI is InChI=1S/C14H24N4/c1-10-3-5-12(6-4-10)7-8-16-14-9-13(15)17-11(2)18-14/h9-10,12H,3-8H2,1-2H3,(H3,15,16,17,18). The molecular formula is C14H24N4. The molecule has 1 aromatic heterocycles. The largest absolute Gasteiger partial charge is 0.384 e. The molecule has 0 amide bonds. The van der Waals surface area contributed by atoms with Crippen molar-refractivity contribution in [2.45, 2.75) is 46.0 Å². The van der Waals surface area contributed by atoms with Gasteiger partial charge in [0.25, 0.3) is 0 Å². The van der Waals surface area contributed by atoms with Gasteiger partial charge in [-0.1, -0.05) is 32.6 Å². The number of aryl methyl sites for hydroxylation is 1. The third-order valence-corrected chi connectivity index (χ3v) is 3.85. The average Bonchev–Trinajstić information content (AvgIpc) is 2.30. The molecule has 0 atom stereocenters. The maximum Gasteiger partial charge on any atom is 0.131 e. The number of nitrogens with zero attached hydrogens (tertiary/aromatic N) is 2. The number of aromatic nitrogens is 2. The van der Waals surface area contributed by atoms with Crippen LogP contribution >= 0.6 is 0 Å². The Labute approximate surface area is 109 Å². The first kappa shape index (κ1) is 13.1. The molecule has 3 N–H and O–H groups in total. The molecule has 1 saturated carbocycles. The first-order valence-electron chi connectivity index (χ1n) is 6.98. The summed E-state index contributed by atoms with van der Waals surface area (Å²) in [4.78, 5) is 8.39. The fourth-order valence-corrected chi connectivity index (χ4v) is 2.70. The molecule has 1 aliphatic carbocycles. The monoisotopic (exact) mass is 248 g/mol. The molecule has 4 heteroatoms. The predicted molar refractivity (Wildman–Crippen MR) is 75.4 cm³/mol. The molecule has 18 heavy (non-hydrogen) atoms. The number of nitrogens with one attached hydrogen (secondary N) is 1. The molecule has 1 fully saturated rings. The van der Waals surface area contributed by atoms with Gasteiger partial charge >= 0.3 is 0 Å². The smallest absolute Gasteiger partial charge is 0.131 e. The number of rotatable bonds is 4. The van der Waals surface area contributed by atoms with Gasteiger partial charge in [-0.2, -0.15) is 0 Å². The highest BCUT2D eigenvalue weighted by molar-refractivity contribution is 5.44. The molecule has 1 aromatic rings.